The molecule has 1 saturated carbocycles. The SMILES string of the molecule is Cl.NC1(c2ccc(-c3nnc4n3-c3cnccc3Nc3ccccc3-4)cc2)CCC1. The predicted octanol–water partition coefficient (Wildman–Crippen LogP) is 4.81. The van der Waals surface area contributed by atoms with Gasteiger partial charge in [-0.2, -0.15) is 0 Å². The Morgan fingerprint density at radius 1 is 0.900 bits per heavy atom. The van der Waals surface area contributed by atoms with Crippen molar-refractivity contribution < 1.29 is 0 Å². The average molecular weight is 417 g/mol. The van der Waals surface area contributed by atoms with E-state index in [0.717, 1.165) is 52.7 Å². The van der Waals surface area contributed by atoms with E-state index in [1.54, 1.807) is 6.20 Å². The van der Waals surface area contributed by atoms with E-state index in [2.05, 4.69) is 61.5 Å². The summed E-state index contributed by atoms with van der Waals surface area (Å²) in [5.74, 6) is 1.59. The van der Waals surface area contributed by atoms with Crippen molar-refractivity contribution in [3.8, 4) is 28.5 Å². The molecule has 2 aliphatic rings. The van der Waals surface area contributed by atoms with E-state index in [4.69, 9.17) is 5.73 Å². The number of nitrogens with one attached hydrogen (secondary N) is 1. The van der Waals surface area contributed by atoms with Gasteiger partial charge in [0, 0.05) is 28.6 Å². The molecule has 1 aliphatic heterocycles. The van der Waals surface area contributed by atoms with Crippen LogP contribution in [0.2, 0.25) is 0 Å². The monoisotopic (exact) mass is 416 g/mol. The van der Waals surface area contributed by atoms with Crippen LogP contribution in [0.25, 0.3) is 28.5 Å². The molecule has 6 rings (SSSR count). The van der Waals surface area contributed by atoms with E-state index in [1.807, 2.05) is 24.4 Å². The molecule has 4 aromatic rings. The van der Waals surface area contributed by atoms with Crippen molar-refractivity contribution in [3.05, 3.63) is 72.6 Å². The number of nitrogens with two attached hydrogens (primary N) is 1. The van der Waals surface area contributed by atoms with Gasteiger partial charge >= 0.3 is 0 Å². The van der Waals surface area contributed by atoms with Gasteiger partial charge in [0.25, 0.3) is 0 Å². The van der Waals surface area contributed by atoms with Gasteiger partial charge in [-0.15, -0.1) is 22.6 Å². The van der Waals surface area contributed by atoms with E-state index < -0.39 is 0 Å². The Morgan fingerprint density at radius 3 is 2.43 bits per heavy atom. The maximum atomic E-state index is 6.49. The first kappa shape index (κ1) is 18.8. The normalized spacial score (nSPS) is 15.4. The Labute approximate surface area is 180 Å². The van der Waals surface area contributed by atoms with Crippen molar-refractivity contribution in [1.29, 1.82) is 0 Å². The Morgan fingerprint density at radius 2 is 1.67 bits per heavy atom. The Kier molecular flexibility index (Phi) is 4.34. The third kappa shape index (κ3) is 2.72. The number of hydrogen-bond donors (Lipinski definition) is 2. The van der Waals surface area contributed by atoms with Gasteiger partial charge in [-0.25, -0.2) is 0 Å². The molecule has 1 fully saturated rings. The molecule has 0 unspecified atom stereocenters. The predicted molar refractivity (Wildman–Crippen MR) is 120 cm³/mol. The fourth-order valence-corrected chi connectivity index (χ4v) is 4.27. The molecule has 150 valence electrons. The molecule has 2 aromatic carbocycles. The number of para-hydroxylation sites is 1. The van der Waals surface area contributed by atoms with Crippen LogP contribution < -0.4 is 11.1 Å². The number of anilines is 2. The van der Waals surface area contributed by atoms with Crippen molar-refractivity contribution in [2.75, 3.05) is 5.32 Å². The highest BCUT2D eigenvalue weighted by atomic mass is 35.5. The van der Waals surface area contributed by atoms with Crippen LogP contribution in [0.3, 0.4) is 0 Å². The molecule has 0 atom stereocenters. The van der Waals surface area contributed by atoms with E-state index in [9.17, 15) is 0 Å². The lowest BCUT2D eigenvalue weighted by Gasteiger charge is -2.38. The smallest absolute Gasteiger partial charge is 0.171 e. The molecule has 0 saturated heterocycles. The van der Waals surface area contributed by atoms with Crippen molar-refractivity contribution in [1.82, 2.24) is 19.7 Å². The van der Waals surface area contributed by atoms with E-state index >= 15 is 0 Å². The second-order valence-corrected chi connectivity index (χ2v) is 7.83. The van der Waals surface area contributed by atoms with Gasteiger partial charge in [-0.3, -0.25) is 9.55 Å². The molecule has 0 spiro atoms. The minimum Gasteiger partial charge on any atom is -0.353 e. The van der Waals surface area contributed by atoms with Crippen molar-refractivity contribution in [3.63, 3.8) is 0 Å². The molecule has 3 heterocycles. The van der Waals surface area contributed by atoms with Gasteiger partial charge in [-0.05, 0) is 43.0 Å². The lowest BCUT2D eigenvalue weighted by atomic mass is 9.73. The number of fused-ring (bicyclic) bond motifs is 5. The summed E-state index contributed by atoms with van der Waals surface area (Å²) in [6.45, 7) is 0. The molecule has 7 heteroatoms. The van der Waals surface area contributed by atoms with Crippen LogP contribution in [0.15, 0.2) is 67.0 Å². The maximum Gasteiger partial charge on any atom is 0.171 e. The summed E-state index contributed by atoms with van der Waals surface area (Å²) in [5, 5.41) is 12.6. The van der Waals surface area contributed by atoms with Crippen LogP contribution in [0.4, 0.5) is 11.4 Å². The summed E-state index contributed by atoms with van der Waals surface area (Å²) in [7, 11) is 0. The highest BCUT2D eigenvalue weighted by Crippen LogP contribution is 2.41. The van der Waals surface area contributed by atoms with Gasteiger partial charge in [-0.1, -0.05) is 36.4 Å². The Bertz CT molecular complexity index is 1230. The van der Waals surface area contributed by atoms with Gasteiger partial charge in [0.05, 0.1) is 17.6 Å². The third-order valence-corrected chi connectivity index (χ3v) is 6.11. The highest BCUT2D eigenvalue weighted by molar-refractivity contribution is 5.86. The number of rotatable bonds is 2. The van der Waals surface area contributed by atoms with Crippen LogP contribution in [0, 0.1) is 0 Å². The third-order valence-electron chi connectivity index (χ3n) is 6.11. The lowest BCUT2D eigenvalue weighted by Crippen LogP contribution is -2.43. The molecule has 0 bridgehead atoms. The van der Waals surface area contributed by atoms with Crippen LogP contribution in [-0.2, 0) is 5.54 Å². The lowest BCUT2D eigenvalue weighted by molar-refractivity contribution is 0.253. The quantitative estimate of drug-likeness (QED) is 0.431. The van der Waals surface area contributed by atoms with Crippen LogP contribution in [0.1, 0.15) is 24.8 Å². The zero-order valence-corrected chi connectivity index (χ0v) is 17.1. The van der Waals surface area contributed by atoms with Crippen molar-refractivity contribution in [2.24, 2.45) is 5.73 Å². The molecule has 3 N–H and O–H groups in total. The zero-order chi connectivity index (χ0) is 19.4. The largest absolute Gasteiger partial charge is 0.353 e. The first-order chi connectivity index (χ1) is 14.2. The topological polar surface area (TPSA) is 81.7 Å². The second-order valence-electron chi connectivity index (χ2n) is 7.83. The molecule has 6 nitrogen and oxygen atoms in total. The standard InChI is InChI=1S/C23H20N6.ClH/c24-23(11-3-12-23)16-8-6-15(7-9-16)21-27-28-22-17-4-1-2-5-18(17)26-19-10-13-25-14-20(19)29(21)22;/h1-2,4-10,13-14,26H,3,11-12,24H2;1H. The number of nitrogens with zero attached hydrogens (tertiary/aromatic N) is 4. The fraction of sp³-hybridized carbons (Fsp3) is 0.174. The van der Waals surface area contributed by atoms with Gasteiger partial charge in [0.15, 0.2) is 11.6 Å². The van der Waals surface area contributed by atoms with Gasteiger partial charge in [0.1, 0.15) is 0 Å². The molecule has 0 radical (unpaired) electrons. The van der Waals surface area contributed by atoms with E-state index in [0.29, 0.717) is 0 Å². The number of pyridine rings is 1. The van der Waals surface area contributed by atoms with Gasteiger partial charge in [0.2, 0.25) is 0 Å². The Hall–Kier alpha value is -3.22. The molecule has 2 aromatic heterocycles. The van der Waals surface area contributed by atoms with Crippen molar-refractivity contribution in [2.45, 2.75) is 24.8 Å². The zero-order valence-electron chi connectivity index (χ0n) is 16.2. The highest BCUT2D eigenvalue weighted by Gasteiger charge is 2.34. The summed E-state index contributed by atoms with van der Waals surface area (Å²) in [4.78, 5) is 4.35. The van der Waals surface area contributed by atoms with Crippen LogP contribution >= 0.6 is 12.4 Å². The maximum absolute atomic E-state index is 6.49. The summed E-state index contributed by atoms with van der Waals surface area (Å²) < 4.78 is 2.08. The molecule has 0 amide bonds. The minimum atomic E-state index is -0.167. The van der Waals surface area contributed by atoms with E-state index in [-0.39, 0.29) is 17.9 Å². The van der Waals surface area contributed by atoms with Crippen LogP contribution in [-0.4, -0.2) is 19.7 Å². The molecule has 1 aliphatic carbocycles. The summed E-state index contributed by atoms with van der Waals surface area (Å²) in [6, 6.07) is 18.6. The molecular weight excluding hydrogens is 396 g/mol. The number of aromatic nitrogens is 4. The fourth-order valence-electron chi connectivity index (χ4n) is 4.27. The molecule has 30 heavy (non-hydrogen) atoms. The van der Waals surface area contributed by atoms with Crippen molar-refractivity contribution >= 4 is 23.8 Å². The number of benzene rings is 2. The number of hydrogen-bond acceptors (Lipinski definition) is 5. The summed E-state index contributed by atoms with van der Waals surface area (Å²) in [5.41, 5.74) is 12.4. The summed E-state index contributed by atoms with van der Waals surface area (Å²) >= 11 is 0. The minimum absolute atomic E-state index is 0. The first-order valence-electron chi connectivity index (χ1n) is 9.89. The van der Waals surface area contributed by atoms with Crippen LogP contribution in [0.5, 0.6) is 0 Å². The average Bonchev–Trinajstić information content (AvgIpc) is 3.12. The van der Waals surface area contributed by atoms with Gasteiger partial charge < -0.3 is 11.1 Å². The summed E-state index contributed by atoms with van der Waals surface area (Å²) in [6.07, 6.45) is 6.94. The first-order valence-corrected chi connectivity index (χ1v) is 9.89. The van der Waals surface area contributed by atoms with E-state index in [1.165, 1.54) is 12.0 Å². The molecular formula is C23H21ClN6. The second kappa shape index (κ2) is 6.93. The Balaban J connectivity index is 0.00000193. The number of halogens is 1.